The third-order valence-corrected chi connectivity index (χ3v) is 4.45. The summed E-state index contributed by atoms with van der Waals surface area (Å²) in [4.78, 5) is 1.35. The van der Waals surface area contributed by atoms with Crippen LogP contribution in [0.2, 0.25) is 0 Å². The van der Waals surface area contributed by atoms with E-state index in [9.17, 15) is 0 Å². The lowest BCUT2D eigenvalue weighted by Gasteiger charge is -2.10. The topological polar surface area (TPSA) is 12.0 Å². The van der Waals surface area contributed by atoms with Gasteiger partial charge in [0.05, 0.1) is 0 Å². The molecule has 0 aliphatic rings. The highest BCUT2D eigenvalue weighted by Crippen LogP contribution is 2.20. The molecule has 2 aromatic carbocycles. The van der Waals surface area contributed by atoms with E-state index in [1.54, 1.807) is 11.8 Å². The van der Waals surface area contributed by atoms with Crippen LogP contribution < -0.4 is 5.32 Å². The molecule has 0 aliphatic heterocycles. The number of benzene rings is 2. The van der Waals surface area contributed by atoms with Gasteiger partial charge in [0.1, 0.15) is 0 Å². The van der Waals surface area contributed by atoms with Crippen LogP contribution in [0, 0.1) is 6.92 Å². The molecule has 0 aliphatic carbocycles. The van der Waals surface area contributed by atoms with Crippen LogP contribution in [-0.4, -0.2) is 6.26 Å². The van der Waals surface area contributed by atoms with E-state index in [-0.39, 0.29) is 0 Å². The van der Waals surface area contributed by atoms with Crippen molar-refractivity contribution >= 4 is 17.8 Å². The molecule has 0 atom stereocenters. The van der Waals surface area contributed by atoms with Crippen LogP contribution in [-0.2, 0) is 13.1 Å². The first-order chi connectivity index (χ1) is 10.6. The van der Waals surface area contributed by atoms with E-state index in [4.69, 9.17) is 0 Å². The molecule has 0 amide bonds. The summed E-state index contributed by atoms with van der Waals surface area (Å²) >= 11 is 1.81. The van der Waals surface area contributed by atoms with Crippen LogP contribution in [0.5, 0.6) is 0 Å². The summed E-state index contributed by atoms with van der Waals surface area (Å²) in [5.41, 5.74) is 6.70. The molecule has 0 aromatic heterocycles. The van der Waals surface area contributed by atoms with Crippen molar-refractivity contribution in [3.63, 3.8) is 0 Å². The lowest BCUT2D eigenvalue weighted by Crippen LogP contribution is -2.13. The number of hydrogen-bond donors (Lipinski definition) is 1. The number of nitrogens with one attached hydrogen (secondary N) is 1. The van der Waals surface area contributed by atoms with Gasteiger partial charge in [-0.2, -0.15) is 0 Å². The summed E-state index contributed by atoms with van der Waals surface area (Å²) in [7, 11) is 0. The fraction of sp³-hybridized carbons (Fsp3) is 0.300. The molecule has 0 saturated heterocycles. The maximum absolute atomic E-state index is 3.55. The van der Waals surface area contributed by atoms with Crippen molar-refractivity contribution < 1.29 is 0 Å². The van der Waals surface area contributed by atoms with Gasteiger partial charge in [0.2, 0.25) is 0 Å². The van der Waals surface area contributed by atoms with Crippen LogP contribution >= 0.6 is 11.8 Å². The molecule has 22 heavy (non-hydrogen) atoms. The fourth-order valence-corrected chi connectivity index (χ4v) is 3.13. The largest absolute Gasteiger partial charge is 0.309 e. The van der Waals surface area contributed by atoms with Crippen molar-refractivity contribution in [1.29, 1.82) is 0 Å². The Kier molecular flexibility index (Phi) is 6.29. The zero-order valence-electron chi connectivity index (χ0n) is 13.9. The molecule has 116 valence electrons. The standard InChI is InChI=1S/C20H25NS/c1-15(2)11-18-10-9-17(12-16(18)3)13-21-14-19-7-5-6-8-20(19)22-4/h5-12,21H,13-14H2,1-4H3. The molecule has 0 saturated carbocycles. The van der Waals surface area contributed by atoms with Crippen LogP contribution in [0.1, 0.15) is 36.1 Å². The van der Waals surface area contributed by atoms with Crippen molar-refractivity contribution in [2.24, 2.45) is 0 Å². The average Bonchev–Trinajstić information content (AvgIpc) is 2.50. The Hall–Kier alpha value is -1.51. The molecular weight excluding hydrogens is 286 g/mol. The molecule has 1 nitrogen and oxygen atoms in total. The van der Waals surface area contributed by atoms with Gasteiger partial charge in [-0.05, 0) is 55.3 Å². The smallest absolute Gasteiger partial charge is 0.0219 e. The Morgan fingerprint density at radius 2 is 1.86 bits per heavy atom. The van der Waals surface area contributed by atoms with Crippen molar-refractivity contribution in [3.05, 3.63) is 70.3 Å². The Labute approximate surface area is 138 Å². The molecule has 2 heteroatoms. The zero-order chi connectivity index (χ0) is 15.9. The molecule has 2 aromatic rings. The lowest BCUT2D eigenvalue weighted by molar-refractivity contribution is 0.685. The summed E-state index contributed by atoms with van der Waals surface area (Å²) in [6.07, 6.45) is 4.37. The summed E-state index contributed by atoms with van der Waals surface area (Å²) in [5, 5.41) is 3.55. The second-order valence-corrected chi connectivity index (χ2v) is 6.68. The van der Waals surface area contributed by atoms with Gasteiger partial charge >= 0.3 is 0 Å². The highest BCUT2D eigenvalue weighted by Gasteiger charge is 2.01. The highest BCUT2D eigenvalue weighted by atomic mass is 32.2. The maximum Gasteiger partial charge on any atom is 0.0219 e. The van der Waals surface area contributed by atoms with Gasteiger partial charge in [-0.1, -0.05) is 48.0 Å². The first-order valence-electron chi connectivity index (χ1n) is 7.67. The average molecular weight is 311 g/mol. The minimum absolute atomic E-state index is 0.901. The molecule has 0 bridgehead atoms. The first-order valence-corrected chi connectivity index (χ1v) is 8.89. The SMILES string of the molecule is CSc1ccccc1CNCc1ccc(C=C(C)C)c(C)c1. The van der Waals surface area contributed by atoms with E-state index >= 15 is 0 Å². The quantitative estimate of drug-likeness (QED) is 0.714. The van der Waals surface area contributed by atoms with Gasteiger partial charge in [0.25, 0.3) is 0 Å². The Bertz CT molecular complexity index is 655. The van der Waals surface area contributed by atoms with Crippen LogP contribution in [0.15, 0.2) is 52.9 Å². The van der Waals surface area contributed by atoms with E-state index < -0.39 is 0 Å². The summed E-state index contributed by atoms with van der Waals surface area (Å²) in [6, 6.07) is 15.3. The second kappa shape index (κ2) is 8.21. The van der Waals surface area contributed by atoms with E-state index in [1.807, 2.05) is 0 Å². The number of hydrogen-bond acceptors (Lipinski definition) is 2. The third-order valence-electron chi connectivity index (χ3n) is 3.62. The second-order valence-electron chi connectivity index (χ2n) is 5.83. The van der Waals surface area contributed by atoms with Gasteiger partial charge in [0, 0.05) is 18.0 Å². The molecule has 0 heterocycles. The number of aryl methyl sites for hydroxylation is 1. The Balaban J connectivity index is 1.97. The summed E-state index contributed by atoms with van der Waals surface area (Å²) in [5.74, 6) is 0. The molecule has 2 rings (SSSR count). The van der Waals surface area contributed by atoms with Crippen LogP contribution in [0.25, 0.3) is 6.08 Å². The number of allylic oxidation sites excluding steroid dienone is 1. The maximum atomic E-state index is 3.55. The molecule has 0 unspecified atom stereocenters. The molecular formula is C20H25NS. The molecule has 1 N–H and O–H groups in total. The Morgan fingerprint density at radius 1 is 1.09 bits per heavy atom. The van der Waals surface area contributed by atoms with E-state index in [1.165, 1.54) is 32.7 Å². The predicted octanol–water partition coefficient (Wildman–Crippen LogP) is 5.43. The van der Waals surface area contributed by atoms with Gasteiger partial charge in [-0.15, -0.1) is 11.8 Å². The highest BCUT2D eigenvalue weighted by molar-refractivity contribution is 7.98. The van der Waals surface area contributed by atoms with Gasteiger partial charge in [-0.3, -0.25) is 0 Å². The normalized spacial score (nSPS) is 10.5. The Morgan fingerprint density at radius 3 is 2.55 bits per heavy atom. The molecule has 0 fully saturated rings. The molecule has 0 radical (unpaired) electrons. The minimum Gasteiger partial charge on any atom is -0.309 e. The van der Waals surface area contributed by atoms with E-state index in [0.29, 0.717) is 0 Å². The van der Waals surface area contributed by atoms with Crippen molar-refractivity contribution in [3.8, 4) is 0 Å². The summed E-state index contributed by atoms with van der Waals surface area (Å²) in [6.45, 7) is 8.27. The fourth-order valence-electron chi connectivity index (χ4n) is 2.51. The van der Waals surface area contributed by atoms with Crippen molar-refractivity contribution in [1.82, 2.24) is 5.32 Å². The van der Waals surface area contributed by atoms with Gasteiger partial charge < -0.3 is 5.32 Å². The predicted molar refractivity (Wildman–Crippen MR) is 99.3 cm³/mol. The number of rotatable bonds is 6. The third kappa shape index (κ3) is 4.75. The van der Waals surface area contributed by atoms with Crippen molar-refractivity contribution in [2.45, 2.75) is 38.8 Å². The lowest BCUT2D eigenvalue weighted by atomic mass is 10.0. The van der Waals surface area contributed by atoms with E-state index in [2.05, 4.69) is 80.9 Å². The van der Waals surface area contributed by atoms with E-state index in [0.717, 1.165) is 13.1 Å². The summed E-state index contributed by atoms with van der Waals surface area (Å²) < 4.78 is 0. The monoisotopic (exact) mass is 311 g/mol. The van der Waals surface area contributed by atoms with Gasteiger partial charge in [-0.25, -0.2) is 0 Å². The minimum atomic E-state index is 0.901. The zero-order valence-corrected chi connectivity index (χ0v) is 14.8. The number of thioether (sulfide) groups is 1. The van der Waals surface area contributed by atoms with Crippen LogP contribution in [0.3, 0.4) is 0 Å². The molecule has 0 spiro atoms. The van der Waals surface area contributed by atoms with Crippen LogP contribution in [0.4, 0.5) is 0 Å². The van der Waals surface area contributed by atoms with Crippen molar-refractivity contribution in [2.75, 3.05) is 6.26 Å². The van der Waals surface area contributed by atoms with Gasteiger partial charge in [0.15, 0.2) is 0 Å². The first kappa shape index (κ1) is 16.9.